The summed E-state index contributed by atoms with van der Waals surface area (Å²) in [6.07, 6.45) is 1.76. The molecule has 9 heteroatoms. The maximum Gasteiger partial charge on any atom is 0.316 e. The Bertz CT molecular complexity index is 884. The number of esters is 1. The van der Waals surface area contributed by atoms with Crippen LogP contribution < -0.4 is 5.32 Å². The fourth-order valence-corrected chi connectivity index (χ4v) is 3.20. The monoisotopic (exact) mass is 405 g/mol. The number of aromatic nitrogens is 2. The van der Waals surface area contributed by atoms with E-state index in [0.717, 1.165) is 23.1 Å². The first-order chi connectivity index (χ1) is 13.3. The van der Waals surface area contributed by atoms with Crippen LogP contribution in [-0.2, 0) is 20.9 Å². The van der Waals surface area contributed by atoms with Crippen LogP contribution in [0.3, 0.4) is 0 Å². The molecule has 2 heterocycles. The van der Waals surface area contributed by atoms with E-state index in [1.165, 1.54) is 0 Å². The van der Waals surface area contributed by atoms with E-state index in [2.05, 4.69) is 17.1 Å². The van der Waals surface area contributed by atoms with Gasteiger partial charge in [0.05, 0.1) is 11.5 Å². The molecular weight excluding hydrogens is 382 g/mol. The normalized spacial score (nSPS) is 10.5. The Morgan fingerprint density at radius 3 is 2.68 bits per heavy atom. The van der Waals surface area contributed by atoms with Crippen LogP contribution in [0, 0.1) is 20.8 Å². The maximum absolute atomic E-state index is 12.3. The second-order valence-corrected chi connectivity index (χ2v) is 7.12. The van der Waals surface area contributed by atoms with E-state index in [-0.39, 0.29) is 29.8 Å². The van der Waals surface area contributed by atoms with E-state index in [1.807, 2.05) is 18.4 Å². The minimum absolute atomic E-state index is 0.0337. The maximum atomic E-state index is 12.3. The summed E-state index contributed by atoms with van der Waals surface area (Å²) in [4.78, 5) is 35.9. The standard InChI is InChI=1S/C19H23N3O5S/c1-5-6-22-12(2)7-15(14(22)4)16(23)9-26-19(25)11-28-10-18(24)20-17-8-13(3)27-21-17/h5,7-8H,1,6,9-11H2,2-4H3,(H,20,21,24). The molecule has 0 spiro atoms. The third kappa shape index (κ3) is 5.85. The molecule has 0 atom stereocenters. The summed E-state index contributed by atoms with van der Waals surface area (Å²) in [7, 11) is 0. The van der Waals surface area contributed by atoms with Crippen molar-refractivity contribution in [3.05, 3.63) is 47.5 Å². The summed E-state index contributed by atoms with van der Waals surface area (Å²) in [6.45, 7) is 9.44. The molecule has 8 nitrogen and oxygen atoms in total. The van der Waals surface area contributed by atoms with Crippen molar-refractivity contribution in [1.82, 2.24) is 9.72 Å². The smallest absolute Gasteiger partial charge is 0.316 e. The van der Waals surface area contributed by atoms with Gasteiger partial charge in [-0.05, 0) is 26.8 Å². The highest BCUT2D eigenvalue weighted by Crippen LogP contribution is 2.16. The number of hydrogen-bond acceptors (Lipinski definition) is 7. The Hall–Kier alpha value is -2.81. The van der Waals surface area contributed by atoms with Crippen molar-refractivity contribution in [2.45, 2.75) is 27.3 Å². The number of ketones is 1. The molecule has 1 amide bonds. The third-order valence-electron chi connectivity index (χ3n) is 3.90. The Morgan fingerprint density at radius 1 is 1.29 bits per heavy atom. The fourth-order valence-electron chi connectivity index (χ4n) is 2.59. The zero-order chi connectivity index (χ0) is 20.7. The van der Waals surface area contributed by atoms with E-state index in [0.29, 0.717) is 23.7 Å². The van der Waals surface area contributed by atoms with Crippen LogP contribution in [0.5, 0.6) is 0 Å². The summed E-state index contributed by atoms with van der Waals surface area (Å²) in [5.74, 6) is -0.195. The summed E-state index contributed by atoms with van der Waals surface area (Å²) in [5, 5.41) is 6.20. The highest BCUT2D eigenvalue weighted by atomic mass is 32.2. The zero-order valence-electron chi connectivity index (χ0n) is 16.1. The van der Waals surface area contributed by atoms with E-state index in [1.54, 1.807) is 25.1 Å². The van der Waals surface area contributed by atoms with Crippen LogP contribution in [0.2, 0.25) is 0 Å². The molecule has 0 aliphatic heterocycles. The molecule has 0 aromatic carbocycles. The summed E-state index contributed by atoms with van der Waals surface area (Å²) >= 11 is 1.09. The van der Waals surface area contributed by atoms with Crippen LogP contribution in [0.15, 0.2) is 29.3 Å². The average Bonchev–Trinajstić information content (AvgIpc) is 3.17. The molecule has 0 saturated carbocycles. The molecule has 0 aliphatic rings. The Kier molecular flexibility index (Phi) is 7.62. The molecule has 0 fully saturated rings. The number of hydrogen-bond donors (Lipinski definition) is 1. The van der Waals surface area contributed by atoms with Crippen molar-refractivity contribution in [3.8, 4) is 0 Å². The van der Waals surface area contributed by atoms with Crippen LogP contribution in [-0.4, -0.2) is 45.5 Å². The molecule has 2 aromatic rings. The first-order valence-electron chi connectivity index (χ1n) is 8.59. The molecule has 1 N–H and O–H groups in total. The van der Waals surface area contributed by atoms with E-state index < -0.39 is 5.97 Å². The van der Waals surface area contributed by atoms with Gasteiger partial charge < -0.3 is 19.1 Å². The lowest BCUT2D eigenvalue weighted by atomic mass is 10.1. The Labute approximate surface area is 167 Å². The molecule has 0 saturated heterocycles. The number of Topliss-reactive ketones (excluding diaryl/α,β-unsaturated/α-hetero) is 1. The van der Waals surface area contributed by atoms with Crippen LogP contribution >= 0.6 is 11.8 Å². The zero-order valence-corrected chi connectivity index (χ0v) is 16.9. The molecule has 0 radical (unpaired) electrons. The van der Waals surface area contributed by atoms with Crippen LogP contribution in [0.1, 0.15) is 27.5 Å². The van der Waals surface area contributed by atoms with E-state index in [4.69, 9.17) is 9.26 Å². The van der Waals surface area contributed by atoms with Gasteiger partial charge >= 0.3 is 5.97 Å². The van der Waals surface area contributed by atoms with Gasteiger partial charge in [0.25, 0.3) is 0 Å². The van der Waals surface area contributed by atoms with Crippen molar-refractivity contribution < 1.29 is 23.6 Å². The first kappa shape index (κ1) is 21.5. The second kappa shape index (κ2) is 9.93. The number of carbonyl (C=O) groups excluding carboxylic acids is 3. The predicted molar refractivity (Wildman–Crippen MR) is 107 cm³/mol. The van der Waals surface area contributed by atoms with Crippen molar-refractivity contribution in [1.29, 1.82) is 0 Å². The largest absolute Gasteiger partial charge is 0.457 e. The molecule has 28 heavy (non-hydrogen) atoms. The number of amides is 1. The van der Waals surface area contributed by atoms with E-state index in [9.17, 15) is 14.4 Å². The topological polar surface area (TPSA) is 103 Å². The number of aryl methyl sites for hydroxylation is 2. The lowest BCUT2D eigenvalue weighted by Crippen LogP contribution is -2.18. The number of ether oxygens (including phenoxy) is 1. The summed E-state index contributed by atoms with van der Waals surface area (Å²) < 4.78 is 11.8. The van der Waals surface area contributed by atoms with Crippen molar-refractivity contribution in [2.75, 3.05) is 23.4 Å². The van der Waals surface area contributed by atoms with Gasteiger partial charge in [-0.1, -0.05) is 11.2 Å². The number of anilines is 1. The predicted octanol–water partition coefficient (Wildman–Crippen LogP) is 2.69. The van der Waals surface area contributed by atoms with Crippen molar-refractivity contribution in [2.24, 2.45) is 0 Å². The van der Waals surface area contributed by atoms with Gasteiger partial charge in [-0.15, -0.1) is 18.3 Å². The van der Waals surface area contributed by atoms with Crippen LogP contribution in [0.4, 0.5) is 5.82 Å². The molecule has 2 aromatic heterocycles. The minimum atomic E-state index is -0.552. The van der Waals surface area contributed by atoms with Gasteiger partial charge in [0.15, 0.2) is 12.4 Å². The molecule has 0 bridgehead atoms. The summed E-state index contributed by atoms with van der Waals surface area (Å²) in [6, 6.07) is 3.37. The molecule has 2 rings (SSSR count). The Morgan fingerprint density at radius 2 is 2.04 bits per heavy atom. The number of carbonyl (C=O) groups is 3. The number of allylic oxidation sites excluding steroid dienone is 1. The lowest BCUT2D eigenvalue weighted by molar-refractivity contribution is -0.139. The van der Waals surface area contributed by atoms with E-state index >= 15 is 0 Å². The quantitative estimate of drug-likeness (QED) is 0.368. The highest BCUT2D eigenvalue weighted by molar-refractivity contribution is 8.00. The molecule has 150 valence electrons. The van der Waals surface area contributed by atoms with Gasteiger partial charge in [0.2, 0.25) is 11.7 Å². The number of nitrogens with one attached hydrogen (secondary N) is 1. The average molecular weight is 405 g/mol. The second-order valence-electron chi connectivity index (χ2n) is 6.13. The van der Waals surface area contributed by atoms with Gasteiger partial charge in [-0.3, -0.25) is 14.4 Å². The molecule has 0 aliphatic carbocycles. The fraction of sp³-hybridized carbons (Fsp3) is 0.368. The molecular formula is C19H23N3O5S. The van der Waals surface area contributed by atoms with Gasteiger partial charge in [0.1, 0.15) is 5.76 Å². The lowest BCUT2D eigenvalue weighted by Gasteiger charge is -2.07. The minimum Gasteiger partial charge on any atom is -0.457 e. The summed E-state index contributed by atoms with van der Waals surface area (Å²) in [5.41, 5.74) is 2.28. The third-order valence-corrected chi connectivity index (χ3v) is 4.80. The van der Waals surface area contributed by atoms with Crippen molar-refractivity contribution >= 4 is 35.2 Å². The highest BCUT2D eigenvalue weighted by Gasteiger charge is 2.17. The van der Waals surface area contributed by atoms with Crippen molar-refractivity contribution in [3.63, 3.8) is 0 Å². The van der Waals surface area contributed by atoms with Gasteiger partial charge in [-0.2, -0.15) is 0 Å². The van der Waals surface area contributed by atoms with Gasteiger partial charge in [0, 0.05) is 29.6 Å². The Balaban J connectivity index is 1.73. The first-order valence-corrected chi connectivity index (χ1v) is 9.74. The number of thioether (sulfide) groups is 1. The number of rotatable bonds is 10. The molecule has 0 unspecified atom stereocenters. The SMILES string of the molecule is C=CCn1c(C)cc(C(=O)COC(=O)CSCC(=O)Nc2cc(C)on2)c1C. The van der Waals surface area contributed by atoms with Gasteiger partial charge in [-0.25, -0.2) is 0 Å². The number of nitrogens with zero attached hydrogens (tertiary/aromatic N) is 2. The van der Waals surface area contributed by atoms with Crippen LogP contribution in [0.25, 0.3) is 0 Å².